The molecule has 3 heteroatoms. The van der Waals surface area contributed by atoms with Crippen molar-refractivity contribution in [2.45, 2.75) is 38.1 Å². The first-order valence-corrected chi connectivity index (χ1v) is 8.12. The van der Waals surface area contributed by atoms with Gasteiger partial charge in [-0.3, -0.25) is 0 Å². The molecule has 0 radical (unpaired) electrons. The van der Waals surface area contributed by atoms with E-state index >= 15 is 0 Å². The summed E-state index contributed by atoms with van der Waals surface area (Å²) in [6.07, 6.45) is 6.42. The van der Waals surface area contributed by atoms with E-state index in [0.717, 1.165) is 17.3 Å². The lowest BCUT2D eigenvalue weighted by Crippen LogP contribution is -2.40. The summed E-state index contributed by atoms with van der Waals surface area (Å²) in [4.78, 5) is 4.74. The van der Waals surface area contributed by atoms with Crippen LogP contribution in [-0.2, 0) is 0 Å². The van der Waals surface area contributed by atoms with E-state index in [-0.39, 0.29) is 0 Å². The smallest absolute Gasteiger partial charge is 0.201 e. The van der Waals surface area contributed by atoms with Crippen LogP contribution < -0.4 is 10.6 Å². The fourth-order valence-electron chi connectivity index (χ4n) is 2.83. The molecule has 0 amide bonds. The minimum Gasteiger partial charge on any atom is -0.353 e. The van der Waals surface area contributed by atoms with E-state index in [1.165, 1.54) is 32.1 Å². The van der Waals surface area contributed by atoms with Crippen molar-refractivity contribution in [3.8, 4) is 0 Å². The van der Waals surface area contributed by atoms with Crippen LogP contribution in [0.25, 0.3) is 0 Å². The third kappa shape index (κ3) is 4.35. The van der Waals surface area contributed by atoms with E-state index < -0.39 is 0 Å². The van der Waals surface area contributed by atoms with Gasteiger partial charge in [0.25, 0.3) is 0 Å². The molecule has 2 N–H and O–H groups in total. The van der Waals surface area contributed by atoms with Gasteiger partial charge < -0.3 is 10.6 Å². The molecule has 1 aliphatic rings. The van der Waals surface area contributed by atoms with Crippen molar-refractivity contribution >= 4 is 17.3 Å². The highest BCUT2D eigenvalue weighted by molar-refractivity contribution is 5.95. The van der Waals surface area contributed by atoms with Gasteiger partial charge >= 0.3 is 0 Å². The second kappa shape index (κ2) is 7.64. The number of guanidine groups is 1. The summed E-state index contributed by atoms with van der Waals surface area (Å²) in [5.74, 6) is 0.837. The summed E-state index contributed by atoms with van der Waals surface area (Å²) in [7, 11) is 0. The number of benzene rings is 2. The fraction of sp³-hybridized carbons (Fsp3) is 0.316. The van der Waals surface area contributed by atoms with Crippen LogP contribution in [0.4, 0.5) is 11.4 Å². The van der Waals surface area contributed by atoms with Gasteiger partial charge in [-0.2, -0.15) is 0 Å². The number of para-hydroxylation sites is 2. The molecular weight excluding hydrogens is 270 g/mol. The fourth-order valence-corrected chi connectivity index (χ4v) is 2.83. The van der Waals surface area contributed by atoms with Crippen molar-refractivity contribution in [3.63, 3.8) is 0 Å². The van der Waals surface area contributed by atoms with Crippen LogP contribution in [0.2, 0.25) is 0 Å². The second-order valence-electron chi connectivity index (χ2n) is 5.77. The second-order valence-corrected chi connectivity index (χ2v) is 5.77. The molecule has 114 valence electrons. The minimum atomic E-state index is 0.521. The molecule has 0 atom stereocenters. The molecule has 0 bridgehead atoms. The maximum absolute atomic E-state index is 4.74. The molecule has 1 saturated carbocycles. The Kier molecular flexibility index (Phi) is 5.09. The van der Waals surface area contributed by atoms with Gasteiger partial charge in [0.15, 0.2) is 0 Å². The minimum absolute atomic E-state index is 0.521. The summed E-state index contributed by atoms with van der Waals surface area (Å²) in [6.45, 7) is 0. The highest BCUT2D eigenvalue weighted by Crippen LogP contribution is 2.18. The Bertz CT molecular complexity index is 587. The van der Waals surface area contributed by atoms with Crippen LogP contribution in [0.3, 0.4) is 0 Å². The SMILES string of the molecule is c1ccc(N=C(Nc2ccccc2)NC2CCCCC2)cc1. The number of aliphatic imine (C=N–C) groups is 1. The molecule has 2 aromatic carbocycles. The number of nitrogens with zero attached hydrogens (tertiary/aromatic N) is 1. The van der Waals surface area contributed by atoms with Gasteiger partial charge in [-0.1, -0.05) is 55.7 Å². The number of anilines is 1. The van der Waals surface area contributed by atoms with Crippen LogP contribution in [-0.4, -0.2) is 12.0 Å². The zero-order chi connectivity index (χ0) is 15.0. The van der Waals surface area contributed by atoms with Crippen LogP contribution >= 0.6 is 0 Å². The Morgan fingerprint density at radius 3 is 2.14 bits per heavy atom. The van der Waals surface area contributed by atoms with E-state index in [4.69, 9.17) is 4.99 Å². The molecule has 3 nitrogen and oxygen atoms in total. The van der Waals surface area contributed by atoms with Gasteiger partial charge in [0.2, 0.25) is 5.96 Å². The van der Waals surface area contributed by atoms with Crippen LogP contribution in [0.15, 0.2) is 65.7 Å². The Hall–Kier alpha value is -2.29. The maximum Gasteiger partial charge on any atom is 0.201 e. The van der Waals surface area contributed by atoms with Crippen molar-refractivity contribution in [1.82, 2.24) is 5.32 Å². The standard InChI is InChI=1S/C19H23N3/c1-4-10-16(11-5-1)20-19(21-17-12-6-2-7-13-17)22-18-14-8-3-9-15-18/h1-2,4-7,10-13,18H,3,8-9,14-15H2,(H2,20,21,22). The van der Waals surface area contributed by atoms with Crippen molar-refractivity contribution in [1.29, 1.82) is 0 Å². The van der Waals surface area contributed by atoms with E-state index in [1.807, 2.05) is 48.5 Å². The van der Waals surface area contributed by atoms with E-state index in [9.17, 15) is 0 Å². The van der Waals surface area contributed by atoms with Gasteiger partial charge in [0.1, 0.15) is 0 Å². The molecule has 0 aliphatic heterocycles. The lowest BCUT2D eigenvalue weighted by molar-refractivity contribution is 0.413. The summed E-state index contributed by atoms with van der Waals surface area (Å²) in [6, 6.07) is 20.8. The van der Waals surface area contributed by atoms with Crippen LogP contribution in [0.5, 0.6) is 0 Å². The Morgan fingerprint density at radius 1 is 0.818 bits per heavy atom. The van der Waals surface area contributed by atoms with Crippen LogP contribution in [0.1, 0.15) is 32.1 Å². The molecule has 1 aliphatic carbocycles. The van der Waals surface area contributed by atoms with Crippen LogP contribution in [0, 0.1) is 0 Å². The lowest BCUT2D eigenvalue weighted by atomic mass is 9.96. The zero-order valence-corrected chi connectivity index (χ0v) is 12.8. The maximum atomic E-state index is 4.74. The zero-order valence-electron chi connectivity index (χ0n) is 12.8. The molecule has 2 aromatic rings. The van der Waals surface area contributed by atoms with Crippen molar-refractivity contribution in [3.05, 3.63) is 60.7 Å². The first-order valence-electron chi connectivity index (χ1n) is 8.12. The molecule has 0 aromatic heterocycles. The lowest BCUT2D eigenvalue weighted by Gasteiger charge is -2.25. The normalized spacial score (nSPS) is 16.3. The topological polar surface area (TPSA) is 36.4 Å². The molecule has 0 spiro atoms. The van der Waals surface area contributed by atoms with Crippen molar-refractivity contribution in [2.75, 3.05) is 5.32 Å². The average Bonchev–Trinajstić information content (AvgIpc) is 2.57. The summed E-state index contributed by atoms with van der Waals surface area (Å²) >= 11 is 0. The van der Waals surface area contributed by atoms with E-state index in [2.05, 4.69) is 22.8 Å². The van der Waals surface area contributed by atoms with E-state index in [0.29, 0.717) is 6.04 Å². The molecule has 22 heavy (non-hydrogen) atoms. The third-order valence-electron chi connectivity index (χ3n) is 3.98. The largest absolute Gasteiger partial charge is 0.353 e. The number of hydrogen-bond acceptors (Lipinski definition) is 1. The molecule has 0 unspecified atom stereocenters. The summed E-state index contributed by atoms with van der Waals surface area (Å²) in [5.41, 5.74) is 2.02. The predicted molar refractivity (Wildman–Crippen MR) is 93.6 cm³/mol. The third-order valence-corrected chi connectivity index (χ3v) is 3.98. The molecular formula is C19H23N3. The summed E-state index contributed by atoms with van der Waals surface area (Å²) in [5, 5.41) is 7.01. The number of rotatable bonds is 3. The van der Waals surface area contributed by atoms with Crippen molar-refractivity contribution < 1.29 is 0 Å². The van der Waals surface area contributed by atoms with Gasteiger partial charge in [-0.25, -0.2) is 4.99 Å². The van der Waals surface area contributed by atoms with Gasteiger partial charge in [0, 0.05) is 11.7 Å². The molecule has 3 rings (SSSR count). The van der Waals surface area contributed by atoms with Gasteiger partial charge in [-0.05, 0) is 37.1 Å². The Balaban J connectivity index is 1.76. The first-order chi connectivity index (χ1) is 10.9. The monoisotopic (exact) mass is 293 g/mol. The van der Waals surface area contributed by atoms with E-state index in [1.54, 1.807) is 0 Å². The quantitative estimate of drug-likeness (QED) is 0.635. The highest BCUT2D eigenvalue weighted by Gasteiger charge is 2.14. The van der Waals surface area contributed by atoms with Gasteiger partial charge in [-0.15, -0.1) is 0 Å². The molecule has 1 fully saturated rings. The average molecular weight is 293 g/mol. The Labute approximate surface area is 132 Å². The summed E-state index contributed by atoms with van der Waals surface area (Å²) < 4.78 is 0. The van der Waals surface area contributed by atoms with Crippen molar-refractivity contribution in [2.24, 2.45) is 4.99 Å². The van der Waals surface area contributed by atoms with Gasteiger partial charge in [0.05, 0.1) is 5.69 Å². The number of hydrogen-bond donors (Lipinski definition) is 2. The highest BCUT2D eigenvalue weighted by atomic mass is 15.2. The first kappa shape index (κ1) is 14.6. The molecule has 0 saturated heterocycles. The Morgan fingerprint density at radius 2 is 1.45 bits per heavy atom. The number of nitrogens with one attached hydrogen (secondary N) is 2. The predicted octanol–water partition coefficient (Wildman–Crippen LogP) is 4.71. The molecule has 0 heterocycles.